The minimum atomic E-state index is -0.332. The van der Waals surface area contributed by atoms with E-state index in [0.717, 1.165) is 21.3 Å². The molecule has 3 aromatic carbocycles. The fraction of sp³-hybridized carbons (Fsp3) is 0.0385. The molecule has 5 aromatic rings. The second-order valence-electron chi connectivity index (χ2n) is 7.46. The molecule has 2 aromatic heterocycles. The Morgan fingerprint density at radius 2 is 1.60 bits per heavy atom. The number of anilines is 1. The molecule has 0 aliphatic rings. The Morgan fingerprint density at radius 1 is 0.886 bits per heavy atom. The third-order valence-corrected chi connectivity index (χ3v) is 6.61. The van der Waals surface area contributed by atoms with E-state index < -0.39 is 0 Å². The lowest BCUT2D eigenvalue weighted by Gasteiger charge is -2.12. The lowest BCUT2D eigenvalue weighted by atomic mass is 10.0. The number of carbonyl (C=O) groups excluding carboxylic acids is 1. The molecular formula is C26H19BrN6OS. The van der Waals surface area contributed by atoms with Crippen molar-refractivity contribution in [3.63, 3.8) is 0 Å². The van der Waals surface area contributed by atoms with Gasteiger partial charge in [0.05, 0.1) is 11.4 Å². The second-order valence-corrected chi connectivity index (χ2v) is 9.32. The van der Waals surface area contributed by atoms with Crippen LogP contribution in [0.4, 0.5) is 5.69 Å². The van der Waals surface area contributed by atoms with Crippen molar-refractivity contribution < 1.29 is 4.79 Å². The Bertz CT molecular complexity index is 1440. The molecule has 0 saturated heterocycles. The molecule has 0 bridgehead atoms. The van der Waals surface area contributed by atoms with Gasteiger partial charge in [0.2, 0.25) is 0 Å². The van der Waals surface area contributed by atoms with Gasteiger partial charge in [0.25, 0.3) is 5.91 Å². The highest BCUT2D eigenvalue weighted by Crippen LogP contribution is 2.29. The van der Waals surface area contributed by atoms with Crippen molar-refractivity contribution in [2.45, 2.75) is 10.9 Å². The summed E-state index contributed by atoms with van der Waals surface area (Å²) in [5.41, 5.74) is 4.34. The van der Waals surface area contributed by atoms with Gasteiger partial charge < -0.3 is 5.32 Å². The average molecular weight is 543 g/mol. The lowest BCUT2D eigenvalue weighted by molar-refractivity contribution is 0.102. The van der Waals surface area contributed by atoms with E-state index in [1.165, 1.54) is 11.8 Å². The van der Waals surface area contributed by atoms with Gasteiger partial charge in [-0.1, -0.05) is 81.4 Å². The van der Waals surface area contributed by atoms with E-state index in [4.69, 9.17) is 0 Å². The zero-order valence-electron chi connectivity index (χ0n) is 18.4. The van der Waals surface area contributed by atoms with Crippen molar-refractivity contribution in [1.29, 1.82) is 0 Å². The van der Waals surface area contributed by atoms with Crippen LogP contribution in [0, 0.1) is 0 Å². The van der Waals surface area contributed by atoms with Crippen molar-refractivity contribution in [3.8, 4) is 16.8 Å². The molecule has 172 valence electrons. The van der Waals surface area contributed by atoms with Gasteiger partial charge in [0.1, 0.15) is 0 Å². The first-order valence-electron chi connectivity index (χ1n) is 10.7. The average Bonchev–Trinajstić information content (AvgIpc) is 3.33. The molecule has 0 radical (unpaired) electrons. The van der Waals surface area contributed by atoms with Crippen LogP contribution in [0.2, 0.25) is 0 Å². The number of rotatable bonds is 7. The van der Waals surface area contributed by atoms with E-state index in [2.05, 4.69) is 41.5 Å². The first kappa shape index (κ1) is 22.9. The molecule has 9 heteroatoms. The van der Waals surface area contributed by atoms with E-state index in [1.807, 2.05) is 78.9 Å². The summed E-state index contributed by atoms with van der Waals surface area (Å²) in [6.07, 6.45) is 3.38. The molecule has 0 unspecified atom stereocenters. The number of carbonyl (C=O) groups is 1. The maximum atomic E-state index is 13.5. The van der Waals surface area contributed by atoms with Gasteiger partial charge in [-0.25, -0.2) is 14.6 Å². The summed E-state index contributed by atoms with van der Waals surface area (Å²) in [6, 6.07) is 27.1. The summed E-state index contributed by atoms with van der Waals surface area (Å²) >= 11 is 4.87. The fourth-order valence-electron chi connectivity index (χ4n) is 3.53. The summed E-state index contributed by atoms with van der Waals surface area (Å²) in [5.74, 6) is 0.0808. The number of nitrogens with one attached hydrogen (secondary N) is 1. The molecule has 1 amide bonds. The van der Waals surface area contributed by atoms with Gasteiger partial charge >= 0.3 is 0 Å². The normalized spacial score (nSPS) is 10.8. The van der Waals surface area contributed by atoms with Gasteiger partial charge in [-0.2, -0.15) is 0 Å². The van der Waals surface area contributed by atoms with E-state index in [0.29, 0.717) is 22.3 Å². The maximum absolute atomic E-state index is 13.5. The number of halogens is 1. The van der Waals surface area contributed by atoms with Crippen LogP contribution in [0.5, 0.6) is 0 Å². The largest absolute Gasteiger partial charge is 0.320 e. The van der Waals surface area contributed by atoms with Crippen LogP contribution in [0.1, 0.15) is 16.2 Å². The monoisotopic (exact) mass is 542 g/mol. The minimum Gasteiger partial charge on any atom is -0.320 e. The van der Waals surface area contributed by atoms with Crippen LogP contribution >= 0.6 is 27.7 Å². The van der Waals surface area contributed by atoms with Gasteiger partial charge in [-0.3, -0.25) is 4.79 Å². The Kier molecular flexibility index (Phi) is 6.97. The third kappa shape index (κ3) is 5.31. The maximum Gasteiger partial charge on any atom is 0.278 e. The highest BCUT2D eigenvalue weighted by molar-refractivity contribution is 9.10. The quantitative estimate of drug-likeness (QED) is 0.199. The number of amides is 1. The Balaban J connectivity index is 1.48. The zero-order valence-corrected chi connectivity index (χ0v) is 20.8. The highest BCUT2D eigenvalue weighted by Gasteiger charge is 2.22. The third-order valence-electron chi connectivity index (χ3n) is 5.19. The van der Waals surface area contributed by atoms with Crippen LogP contribution in [-0.2, 0) is 5.75 Å². The van der Waals surface area contributed by atoms with Crippen LogP contribution in [-0.4, -0.2) is 30.9 Å². The summed E-state index contributed by atoms with van der Waals surface area (Å²) < 4.78 is 2.63. The molecule has 7 nitrogen and oxygen atoms in total. The SMILES string of the molecule is O=C(Nc1ccccc1-c1ccccc1)c1nnn(-c2ccc(Br)cc2)c1CSc1ncccn1. The van der Waals surface area contributed by atoms with Gasteiger partial charge in [0, 0.05) is 33.9 Å². The van der Waals surface area contributed by atoms with Crippen LogP contribution in [0.25, 0.3) is 16.8 Å². The first-order valence-corrected chi connectivity index (χ1v) is 12.5. The number of hydrogen-bond acceptors (Lipinski definition) is 6. The molecule has 2 heterocycles. The summed E-state index contributed by atoms with van der Waals surface area (Å²) in [7, 11) is 0. The molecule has 0 saturated carbocycles. The first-order chi connectivity index (χ1) is 17.2. The molecule has 0 spiro atoms. The molecule has 5 rings (SSSR count). The van der Waals surface area contributed by atoms with E-state index in [9.17, 15) is 4.79 Å². The fourth-order valence-corrected chi connectivity index (χ4v) is 4.59. The van der Waals surface area contributed by atoms with Crippen molar-refractivity contribution in [1.82, 2.24) is 25.0 Å². The van der Waals surface area contributed by atoms with Crippen LogP contribution in [0.3, 0.4) is 0 Å². The predicted octanol–water partition coefficient (Wildman–Crippen LogP) is 6.03. The number of nitrogens with zero attached hydrogens (tertiary/aromatic N) is 5. The van der Waals surface area contributed by atoms with Crippen LogP contribution in [0.15, 0.2) is 107 Å². The van der Waals surface area contributed by atoms with Gasteiger partial charge in [-0.05, 0) is 42.0 Å². The molecular weight excluding hydrogens is 524 g/mol. The second kappa shape index (κ2) is 10.6. The zero-order chi connectivity index (χ0) is 24.0. The minimum absolute atomic E-state index is 0.249. The predicted molar refractivity (Wildman–Crippen MR) is 140 cm³/mol. The highest BCUT2D eigenvalue weighted by atomic mass is 79.9. The number of benzene rings is 3. The number of para-hydroxylation sites is 1. The van der Waals surface area contributed by atoms with E-state index >= 15 is 0 Å². The lowest BCUT2D eigenvalue weighted by Crippen LogP contribution is -2.16. The topological polar surface area (TPSA) is 85.6 Å². The molecule has 0 atom stereocenters. The molecule has 0 fully saturated rings. The summed E-state index contributed by atoms with van der Waals surface area (Å²) in [5, 5.41) is 12.2. The van der Waals surface area contributed by atoms with Crippen molar-refractivity contribution in [3.05, 3.63) is 113 Å². The standard InChI is InChI=1S/C26H19BrN6OS/c27-19-11-13-20(14-12-19)33-23(17-35-26-28-15-6-16-29-26)24(31-32-33)25(34)30-22-10-5-4-9-21(22)18-7-2-1-3-8-18/h1-16H,17H2,(H,30,34). The van der Waals surface area contributed by atoms with E-state index in [-0.39, 0.29) is 11.6 Å². The molecule has 0 aliphatic heterocycles. The van der Waals surface area contributed by atoms with Crippen LogP contribution < -0.4 is 5.32 Å². The van der Waals surface area contributed by atoms with Crippen molar-refractivity contribution >= 4 is 39.3 Å². The van der Waals surface area contributed by atoms with E-state index in [1.54, 1.807) is 23.1 Å². The summed E-state index contributed by atoms with van der Waals surface area (Å²) in [6.45, 7) is 0. The molecule has 0 aliphatic carbocycles. The Labute approximate surface area is 214 Å². The van der Waals surface area contributed by atoms with Crippen molar-refractivity contribution in [2.24, 2.45) is 0 Å². The number of thioether (sulfide) groups is 1. The Morgan fingerprint density at radius 3 is 2.37 bits per heavy atom. The van der Waals surface area contributed by atoms with Gasteiger partial charge in [0.15, 0.2) is 10.9 Å². The smallest absolute Gasteiger partial charge is 0.278 e. The number of aromatic nitrogens is 5. The Hall–Kier alpha value is -3.82. The number of hydrogen-bond donors (Lipinski definition) is 1. The van der Waals surface area contributed by atoms with Crippen molar-refractivity contribution in [2.75, 3.05) is 5.32 Å². The molecule has 35 heavy (non-hydrogen) atoms. The summed E-state index contributed by atoms with van der Waals surface area (Å²) in [4.78, 5) is 22.0. The molecule has 1 N–H and O–H groups in total. The van der Waals surface area contributed by atoms with Gasteiger partial charge in [-0.15, -0.1) is 5.10 Å².